The summed E-state index contributed by atoms with van der Waals surface area (Å²) >= 11 is 2.39. The van der Waals surface area contributed by atoms with Crippen molar-refractivity contribution in [2.75, 3.05) is 0 Å². The van der Waals surface area contributed by atoms with Gasteiger partial charge < -0.3 is 4.98 Å². The molecule has 0 aliphatic carbocycles. The average Bonchev–Trinajstić information content (AvgIpc) is 3.20. The Balaban J connectivity index is 1.66. The van der Waals surface area contributed by atoms with Gasteiger partial charge in [-0.2, -0.15) is 0 Å². The summed E-state index contributed by atoms with van der Waals surface area (Å²) in [4.78, 5) is 46.6. The van der Waals surface area contributed by atoms with Crippen LogP contribution in [-0.4, -0.2) is 26.0 Å². The van der Waals surface area contributed by atoms with Crippen molar-refractivity contribution >= 4 is 51.2 Å². The second-order valence-electron chi connectivity index (χ2n) is 5.77. The average molecular weight is 383 g/mol. The van der Waals surface area contributed by atoms with Gasteiger partial charge in [0.05, 0.1) is 22.4 Å². The number of aryl methyl sites for hydroxylation is 1. The van der Waals surface area contributed by atoms with Crippen molar-refractivity contribution in [3.63, 3.8) is 0 Å². The molecule has 1 fully saturated rings. The third-order valence-corrected chi connectivity index (χ3v) is 5.71. The van der Waals surface area contributed by atoms with E-state index < -0.39 is 0 Å². The Kier molecular flexibility index (Phi) is 4.21. The van der Waals surface area contributed by atoms with Gasteiger partial charge in [-0.15, -0.1) is 11.3 Å². The lowest BCUT2D eigenvalue weighted by atomic mass is 10.1. The number of hydrogen-bond acceptors (Lipinski definition) is 6. The van der Waals surface area contributed by atoms with Crippen molar-refractivity contribution in [1.82, 2.24) is 14.9 Å². The number of thiophene rings is 1. The van der Waals surface area contributed by atoms with Crippen LogP contribution in [0.25, 0.3) is 17.0 Å². The highest BCUT2D eigenvalue weighted by Gasteiger charge is 2.35. The van der Waals surface area contributed by atoms with Gasteiger partial charge in [0.15, 0.2) is 0 Å². The van der Waals surface area contributed by atoms with Crippen LogP contribution in [0.15, 0.2) is 45.4 Å². The quantitative estimate of drug-likeness (QED) is 0.700. The van der Waals surface area contributed by atoms with Crippen LogP contribution in [-0.2, 0) is 11.3 Å². The fraction of sp³-hybridized carbons (Fsp3) is 0.111. The van der Waals surface area contributed by atoms with E-state index in [1.165, 1.54) is 11.3 Å². The fourth-order valence-electron chi connectivity index (χ4n) is 2.72. The Hall–Kier alpha value is -2.71. The molecule has 0 radical (unpaired) electrons. The Bertz CT molecular complexity index is 1120. The zero-order valence-electron chi connectivity index (χ0n) is 13.7. The van der Waals surface area contributed by atoms with Crippen LogP contribution >= 0.6 is 23.1 Å². The lowest BCUT2D eigenvalue weighted by molar-refractivity contribution is -0.123. The zero-order chi connectivity index (χ0) is 18.3. The van der Waals surface area contributed by atoms with Crippen molar-refractivity contribution in [3.8, 4) is 0 Å². The molecule has 2 amide bonds. The molecule has 6 nitrogen and oxygen atoms in total. The fourth-order valence-corrected chi connectivity index (χ4v) is 4.28. The van der Waals surface area contributed by atoms with E-state index in [-0.39, 0.29) is 29.1 Å². The first-order chi connectivity index (χ1) is 12.5. The third-order valence-electron chi connectivity index (χ3n) is 3.98. The Morgan fingerprint density at radius 2 is 2.04 bits per heavy atom. The molecule has 1 aliphatic heterocycles. The van der Waals surface area contributed by atoms with Crippen LogP contribution < -0.4 is 5.56 Å². The summed E-state index contributed by atoms with van der Waals surface area (Å²) in [6.07, 6.45) is 1.70. The first-order valence-electron chi connectivity index (χ1n) is 7.80. The molecule has 0 bridgehead atoms. The standard InChI is InChI=1S/C18H13N3O3S2/c1-10-4-2-6-12-15(10)19-14(20-16(12)22)9-21-17(23)13(26-18(21)24)8-11-5-3-7-25-11/h2-8H,9H2,1H3,(H,19,20,22)/b13-8-. The first kappa shape index (κ1) is 16.7. The lowest BCUT2D eigenvalue weighted by Gasteiger charge is -2.12. The third kappa shape index (κ3) is 2.97. The van der Waals surface area contributed by atoms with Crippen molar-refractivity contribution in [2.45, 2.75) is 13.5 Å². The van der Waals surface area contributed by atoms with E-state index in [9.17, 15) is 14.4 Å². The van der Waals surface area contributed by atoms with E-state index in [0.29, 0.717) is 15.8 Å². The summed E-state index contributed by atoms with van der Waals surface area (Å²) in [5, 5.41) is 2.02. The Morgan fingerprint density at radius 1 is 1.19 bits per heavy atom. The van der Waals surface area contributed by atoms with E-state index in [1.807, 2.05) is 30.5 Å². The number of fused-ring (bicyclic) bond motifs is 1. The van der Waals surface area contributed by atoms with Gasteiger partial charge in [0.2, 0.25) is 0 Å². The minimum absolute atomic E-state index is 0.0635. The number of para-hydroxylation sites is 1. The zero-order valence-corrected chi connectivity index (χ0v) is 15.3. The van der Waals surface area contributed by atoms with E-state index in [2.05, 4.69) is 9.97 Å². The minimum atomic E-state index is -0.374. The van der Waals surface area contributed by atoms with Gasteiger partial charge in [-0.25, -0.2) is 4.98 Å². The number of imide groups is 1. The topological polar surface area (TPSA) is 83.1 Å². The van der Waals surface area contributed by atoms with E-state index in [4.69, 9.17) is 0 Å². The summed E-state index contributed by atoms with van der Waals surface area (Å²) in [5.74, 6) is -0.0857. The molecule has 1 aliphatic rings. The second kappa shape index (κ2) is 6.54. The van der Waals surface area contributed by atoms with Gasteiger partial charge in [-0.05, 0) is 47.8 Å². The number of carbonyl (C=O) groups is 2. The van der Waals surface area contributed by atoms with Crippen LogP contribution in [0.3, 0.4) is 0 Å². The molecule has 8 heteroatoms. The maximum atomic E-state index is 12.6. The molecule has 3 heterocycles. The predicted octanol–water partition coefficient (Wildman–Crippen LogP) is 3.53. The summed E-state index contributed by atoms with van der Waals surface area (Å²) in [7, 11) is 0. The van der Waals surface area contributed by atoms with E-state index >= 15 is 0 Å². The van der Waals surface area contributed by atoms with Crippen LogP contribution in [0.1, 0.15) is 16.3 Å². The van der Waals surface area contributed by atoms with Gasteiger partial charge in [-0.1, -0.05) is 18.2 Å². The number of amides is 2. The molecule has 0 spiro atoms. The van der Waals surface area contributed by atoms with Gasteiger partial charge in [0, 0.05) is 4.88 Å². The van der Waals surface area contributed by atoms with Crippen molar-refractivity contribution in [1.29, 1.82) is 0 Å². The number of benzene rings is 1. The number of nitrogens with zero attached hydrogens (tertiary/aromatic N) is 2. The largest absolute Gasteiger partial charge is 0.308 e. The minimum Gasteiger partial charge on any atom is -0.308 e. The number of nitrogens with one attached hydrogen (secondary N) is 1. The van der Waals surface area contributed by atoms with Crippen molar-refractivity contribution in [3.05, 3.63) is 67.2 Å². The summed E-state index contributed by atoms with van der Waals surface area (Å²) in [6.45, 7) is 1.80. The number of aromatic amines is 1. The van der Waals surface area contributed by atoms with Gasteiger partial charge in [0.1, 0.15) is 5.82 Å². The smallest absolute Gasteiger partial charge is 0.293 e. The number of aromatic nitrogens is 2. The molecule has 2 aromatic heterocycles. The number of H-pyrrole nitrogens is 1. The molecule has 3 aromatic rings. The maximum absolute atomic E-state index is 12.6. The molecule has 130 valence electrons. The first-order valence-corrected chi connectivity index (χ1v) is 9.50. The van der Waals surface area contributed by atoms with Crippen molar-refractivity contribution in [2.24, 2.45) is 0 Å². The Labute approximate surface area is 156 Å². The molecule has 0 atom stereocenters. The van der Waals surface area contributed by atoms with Gasteiger partial charge >= 0.3 is 0 Å². The monoisotopic (exact) mass is 383 g/mol. The van der Waals surface area contributed by atoms with Crippen LogP contribution in [0.4, 0.5) is 4.79 Å². The number of thioether (sulfide) groups is 1. The molecule has 0 saturated carbocycles. The van der Waals surface area contributed by atoms with Crippen LogP contribution in [0, 0.1) is 6.92 Å². The number of carbonyl (C=O) groups excluding carboxylic acids is 2. The number of rotatable bonds is 3. The summed E-state index contributed by atoms with van der Waals surface area (Å²) < 4.78 is 0. The lowest BCUT2D eigenvalue weighted by Crippen LogP contribution is -2.29. The van der Waals surface area contributed by atoms with E-state index in [1.54, 1.807) is 18.2 Å². The molecule has 1 aromatic carbocycles. The highest BCUT2D eigenvalue weighted by Crippen LogP contribution is 2.33. The van der Waals surface area contributed by atoms with Crippen molar-refractivity contribution < 1.29 is 9.59 Å². The molecule has 4 rings (SSSR count). The highest BCUT2D eigenvalue weighted by molar-refractivity contribution is 8.18. The maximum Gasteiger partial charge on any atom is 0.293 e. The second-order valence-corrected chi connectivity index (χ2v) is 7.74. The molecular weight excluding hydrogens is 370 g/mol. The summed E-state index contributed by atoms with van der Waals surface area (Å²) in [6, 6.07) is 9.11. The van der Waals surface area contributed by atoms with Gasteiger partial charge in [-0.3, -0.25) is 19.3 Å². The van der Waals surface area contributed by atoms with Crippen LogP contribution in [0.5, 0.6) is 0 Å². The SMILES string of the molecule is Cc1cccc2c(=O)[nH]c(CN3C(=O)S/C(=C\c4cccs4)C3=O)nc12. The highest BCUT2D eigenvalue weighted by atomic mass is 32.2. The predicted molar refractivity (Wildman–Crippen MR) is 103 cm³/mol. The van der Waals surface area contributed by atoms with E-state index in [0.717, 1.165) is 27.1 Å². The summed E-state index contributed by atoms with van der Waals surface area (Å²) in [5.41, 5.74) is 1.16. The number of hydrogen-bond donors (Lipinski definition) is 1. The molecule has 26 heavy (non-hydrogen) atoms. The molecule has 1 N–H and O–H groups in total. The van der Waals surface area contributed by atoms with Crippen LogP contribution in [0.2, 0.25) is 0 Å². The molecule has 0 unspecified atom stereocenters. The molecule has 1 saturated heterocycles. The van der Waals surface area contributed by atoms with Gasteiger partial charge in [0.25, 0.3) is 16.7 Å². The Morgan fingerprint density at radius 3 is 2.81 bits per heavy atom. The normalized spacial score (nSPS) is 16.2. The molecular formula is C18H13N3O3S2.